The molecule has 1 atom stereocenters. The molecule has 0 saturated carbocycles. The minimum atomic E-state index is -0.000719. The highest BCUT2D eigenvalue weighted by Gasteiger charge is 2.32. The molecule has 2 aromatic carbocycles. The van der Waals surface area contributed by atoms with Crippen LogP contribution in [0.4, 0.5) is 0 Å². The molecule has 6 heteroatoms. The molecule has 0 bridgehead atoms. The number of hydrogen-bond donors (Lipinski definition) is 0. The number of nitrogens with zero attached hydrogens (tertiary/aromatic N) is 2. The number of amides is 1. The van der Waals surface area contributed by atoms with Crippen molar-refractivity contribution in [1.29, 1.82) is 0 Å². The van der Waals surface area contributed by atoms with Gasteiger partial charge in [-0.25, -0.2) is 4.98 Å². The van der Waals surface area contributed by atoms with Gasteiger partial charge < -0.3 is 14.4 Å². The Hall–Kier alpha value is -2.86. The normalized spacial score (nSPS) is 18.3. The average molecular weight is 421 g/mol. The highest BCUT2D eigenvalue weighted by Crippen LogP contribution is 2.38. The number of hydrogen-bond acceptors (Lipinski definition) is 5. The van der Waals surface area contributed by atoms with Crippen molar-refractivity contribution in [3.05, 3.63) is 64.7 Å². The molecular weight excluding hydrogens is 396 g/mol. The van der Waals surface area contributed by atoms with E-state index in [-0.39, 0.29) is 11.9 Å². The van der Waals surface area contributed by atoms with Crippen molar-refractivity contribution < 1.29 is 14.3 Å². The minimum absolute atomic E-state index is 0.000719. The molecule has 0 spiro atoms. The molecular formula is C24H24N2O3S. The van der Waals surface area contributed by atoms with Gasteiger partial charge >= 0.3 is 0 Å². The minimum Gasteiger partial charge on any atom is -0.490 e. The molecule has 1 saturated heterocycles. The molecule has 5 rings (SSSR count). The van der Waals surface area contributed by atoms with E-state index in [2.05, 4.69) is 42.2 Å². The number of ether oxygens (including phenoxy) is 2. The number of aromatic nitrogens is 1. The number of aryl methyl sites for hydroxylation is 1. The van der Waals surface area contributed by atoms with E-state index in [0.29, 0.717) is 18.9 Å². The third-order valence-electron chi connectivity index (χ3n) is 5.69. The van der Waals surface area contributed by atoms with Gasteiger partial charge in [0, 0.05) is 23.9 Å². The van der Waals surface area contributed by atoms with Crippen LogP contribution in [0.2, 0.25) is 0 Å². The SMILES string of the molecule is Cc1ccc(-c2nc(C(=O)N3CCCC3c3ccc4c(c3)OCCCO4)cs2)cc1. The lowest BCUT2D eigenvalue weighted by atomic mass is 10.0. The first-order valence-electron chi connectivity index (χ1n) is 10.4. The van der Waals surface area contributed by atoms with E-state index in [1.165, 1.54) is 16.9 Å². The number of carbonyl (C=O) groups excluding carboxylic acids is 1. The second-order valence-electron chi connectivity index (χ2n) is 7.82. The Balaban J connectivity index is 1.38. The number of carbonyl (C=O) groups is 1. The summed E-state index contributed by atoms with van der Waals surface area (Å²) < 4.78 is 11.6. The number of thiazole rings is 1. The van der Waals surface area contributed by atoms with Crippen molar-refractivity contribution in [2.75, 3.05) is 19.8 Å². The van der Waals surface area contributed by atoms with Crippen LogP contribution in [0, 0.1) is 6.92 Å². The molecule has 1 amide bonds. The van der Waals surface area contributed by atoms with Crippen LogP contribution < -0.4 is 9.47 Å². The zero-order valence-electron chi connectivity index (χ0n) is 17.0. The molecule has 2 aliphatic rings. The van der Waals surface area contributed by atoms with Gasteiger partial charge in [-0.2, -0.15) is 0 Å². The summed E-state index contributed by atoms with van der Waals surface area (Å²) >= 11 is 1.52. The Morgan fingerprint density at radius 3 is 2.70 bits per heavy atom. The summed E-state index contributed by atoms with van der Waals surface area (Å²) in [7, 11) is 0. The topological polar surface area (TPSA) is 51.7 Å². The van der Waals surface area contributed by atoms with Gasteiger partial charge in [0.15, 0.2) is 11.5 Å². The van der Waals surface area contributed by atoms with E-state index >= 15 is 0 Å². The predicted molar refractivity (Wildman–Crippen MR) is 117 cm³/mol. The van der Waals surface area contributed by atoms with Gasteiger partial charge in [-0.3, -0.25) is 4.79 Å². The Bertz CT molecular complexity index is 1060. The predicted octanol–water partition coefficient (Wildman–Crippen LogP) is 5.26. The Kier molecular flexibility index (Phi) is 5.17. The van der Waals surface area contributed by atoms with Gasteiger partial charge in [0.25, 0.3) is 5.91 Å². The second-order valence-corrected chi connectivity index (χ2v) is 8.68. The van der Waals surface area contributed by atoms with Crippen molar-refractivity contribution in [2.45, 2.75) is 32.2 Å². The highest BCUT2D eigenvalue weighted by atomic mass is 32.1. The van der Waals surface area contributed by atoms with E-state index in [0.717, 1.165) is 53.4 Å². The average Bonchev–Trinajstić information content (AvgIpc) is 3.39. The van der Waals surface area contributed by atoms with Crippen molar-refractivity contribution in [3.8, 4) is 22.1 Å². The molecule has 1 aromatic heterocycles. The van der Waals surface area contributed by atoms with Gasteiger partial charge in [-0.1, -0.05) is 35.9 Å². The summed E-state index contributed by atoms with van der Waals surface area (Å²) in [5, 5.41) is 2.76. The quantitative estimate of drug-likeness (QED) is 0.580. The summed E-state index contributed by atoms with van der Waals surface area (Å²) in [4.78, 5) is 19.9. The fraction of sp³-hybridized carbons (Fsp3) is 0.333. The summed E-state index contributed by atoms with van der Waals surface area (Å²) in [6.45, 7) is 4.14. The lowest BCUT2D eigenvalue weighted by Crippen LogP contribution is -2.30. The molecule has 0 radical (unpaired) electrons. The first-order valence-corrected chi connectivity index (χ1v) is 11.3. The smallest absolute Gasteiger partial charge is 0.273 e. The molecule has 0 N–H and O–H groups in total. The zero-order chi connectivity index (χ0) is 20.5. The number of rotatable bonds is 3. The van der Waals surface area contributed by atoms with Gasteiger partial charge in [0.05, 0.1) is 19.3 Å². The molecule has 1 fully saturated rings. The van der Waals surface area contributed by atoms with E-state index in [1.807, 2.05) is 22.4 Å². The molecule has 1 unspecified atom stereocenters. The van der Waals surface area contributed by atoms with Crippen LogP contribution in [-0.4, -0.2) is 35.5 Å². The van der Waals surface area contributed by atoms with Gasteiger partial charge in [0.2, 0.25) is 0 Å². The van der Waals surface area contributed by atoms with Crippen LogP contribution >= 0.6 is 11.3 Å². The van der Waals surface area contributed by atoms with Crippen LogP contribution in [-0.2, 0) is 0 Å². The lowest BCUT2D eigenvalue weighted by molar-refractivity contribution is 0.0730. The van der Waals surface area contributed by atoms with E-state index in [9.17, 15) is 4.79 Å². The van der Waals surface area contributed by atoms with Crippen LogP contribution in [0.15, 0.2) is 47.8 Å². The molecule has 2 aliphatic heterocycles. The van der Waals surface area contributed by atoms with Crippen molar-refractivity contribution in [3.63, 3.8) is 0 Å². The summed E-state index contributed by atoms with van der Waals surface area (Å²) in [6.07, 6.45) is 2.81. The molecule has 154 valence electrons. The maximum atomic E-state index is 13.3. The fourth-order valence-corrected chi connectivity index (χ4v) is 4.89. The van der Waals surface area contributed by atoms with Crippen molar-refractivity contribution >= 4 is 17.2 Å². The first-order chi connectivity index (χ1) is 14.7. The third-order valence-corrected chi connectivity index (χ3v) is 6.58. The van der Waals surface area contributed by atoms with Crippen molar-refractivity contribution in [1.82, 2.24) is 9.88 Å². The summed E-state index contributed by atoms with van der Waals surface area (Å²) in [6, 6.07) is 14.3. The molecule has 3 heterocycles. The molecule has 5 nitrogen and oxygen atoms in total. The van der Waals surface area contributed by atoms with Gasteiger partial charge in [-0.05, 0) is 37.5 Å². The Labute approximate surface area is 180 Å². The van der Waals surface area contributed by atoms with Gasteiger partial charge in [0.1, 0.15) is 10.7 Å². The van der Waals surface area contributed by atoms with Crippen LogP contribution in [0.1, 0.15) is 46.9 Å². The monoisotopic (exact) mass is 420 g/mol. The fourth-order valence-electron chi connectivity index (χ4n) is 4.09. The standard InChI is InChI=1S/C24H24N2O3S/c1-16-5-7-17(8-6-16)23-25-19(15-30-23)24(27)26-11-2-4-20(26)18-9-10-21-22(14-18)29-13-3-12-28-21/h5-10,14-15,20H,2-4,11-13H2,1H3. The lowest BCUT2D eigenvalue weighted by Gasteiger charge is -2.25. The number of likely N-dealkylation sites (tertiary alicyclic amines) is 1. The molecule has 30 heavy (non-hydrogen) atoms. The van der Waals surface area contributed by atoms with Crippen LogP contribution in [0.5, 0.6) is 11.5 Å². The van der Waals surface area contributed by atoms with E-state index < -0.39 is 0 Å². The maximum Gasteiger partial charge on any atom is 0.273 e. The van der Waals surface area contributed by atoms with Gasteiger partial charge in [-0.15, -0.1) is 11.3 Å². The summed E-state index contributed by atoms with van der Waals surface area (Å²) in [5.74, 6) is 1.56. The first kappa shape index (κ1) is 19.1. The Morgan fingerprint density at radius 2 is 1.87 bits per heavy atom. The maximum absolute atomic E-state index is 13.3. The number of benzene rings is 2. The molecule has 3 aromatic rings. The molecule has 0 aliphatic carbocycles. The van der Waals surface area contributed by atoms with Crippen LogP contribution in [0.3, 0.4) is 0 Å². The van der Waals surface area contributed by atoms with E-state index in [1.54, 1.807) is 0 Å². The number of fused-ring (bicyclic) bond motifs is 1. The largest absolute Gasteiger partial charge is 0.490 e. The van der Waals surface area contributed by atoms with Crippen molar-refractivity contribution in [2.24, 2.45) is 0 Å². The third kappa shape index (κ3) is 3.67. The Morgan fingerprint density at radius 1 is 1.07 bits per heavy atom. The van der Waals surface area contributed by atoms with Crippen LogP contribution in [0.25, 0.3) is 10.6 Å². The summed E-state index contributed by atoms with van der Waals surface area (Å²) in [5.41, 5.74) is 3.88. The zero-order valence-corrected chi connectivity index (χ0v) is 17.8. The second kappa shape index (κ2) is 8.11. The van der Waals surface area contributed by atoms with E-state index in [4.69, 9.17) is 9.47 Å². The highest BCUT2D eigenvalue weighted by molar-refractivity contribution is 7.13.